The van der Waals surface area contributed by atoms with Gasteiger partial charge in [-0.2, -0.15) is 23.3 Å². The summed E-state index contributed by atoms with van der Waals surface area (Å²) in [5.41, 5.74) is 6.33. The second kappa shape index (κ2) is 16.1. The third-order valence-electron chi connectivity index (χ3n) is 4.80. The number of rotatable bonds is 2. The molecule has 0 radical (unpaired) electrons. The van der Waals surface area contributed by atoms with Gasteiger partial charge in [0.15, 0.2) is 0 Å². The van der Waals surface area contributed by atoms with Crippen molar-refractivity contribution in [3.05, 3.63) is 107 Å². The fourth-order valence-electron chi connectivity index (χ4n) is 3.61. The van der Waals surface area contributed by atoms with Gasteiger partial charge in [0.2, 0.25) is 0 Å². The van der Waals surface area contributed by atoms with Crippen molar-refractivity contribution in [2.45, 2.75) is 39.2 Å². The number of halogens is 4. The Labute approximate surface area is 232 Å². The van der Waals surface area contributed by atoms with E-state index in [1.165, 1.54) is 12.1 Å². The molecule has 0 fully saturated rings. The van der Waals surface area contributed by atoms with Crippen LogP contribution in [0.2, 0.25) is 11.5 Å². The van der Waals surface area contributed by atoms with Crippen LogP contribution in [-0.4, -0.2) is 9.98 Å². The first kappa shape index (κ1) is 33.3. The average Bonchev–Trinajstić information content (AvgIpc) is 3.22. The van der Waals surface area contributed by atoms with Gasteiger partial charge in [0, 0.05) is 0 Å². The van der Waals surface area contributed by atoms with Crippen molar-refractivity contribution in [2.24, 2.45) is 11.8 Å². The van der Waals surface area contributed by atoms with Crippen molar-refractivity contribution in [3.63, 3.8) is 0 Å². The third kappa shape index (κ3) is 10.9. The Morgan fingerprint density at radius 1 is 0.735 bits per heavy atom. The van der Waals surface area contributed by atoms with Gasteiger partial charge in [-0.3, -0.25) is 12.2 Å². The molecule has 0 spiro atoms. The molecule has 6 heteroatoms. The summed E-state index contributed by atoms with van der Waals surface area (Å²) >= 11 is 1.80. The number of hydrogen-bond acceptors (Lipinski definition) is 0. The molecule has 0 aromatic heterocycles. The smallest absolute Gasteiger partial charge is 1.00 e. The standard InChI is InChI=1S/2C13H12F.C2H6Ge.2ClH.Zr/c2*1-9-6-10(2)13(7-9)11-4-3-5-12(14)8-11;1-3-2;;;/h2*3-5,7-9H,1-2H3;1-2H3;2*1H;/q2*-1;;;;+2/p-2. The average molecular weight is 639 g/mol. The van der Waals surface area contributed by atoms with Gasteiger partial charge in [0.1, 0.15) is 11.6 Å². The van der Waals surface area contributed by atoms with Crippen LogP contribution in [0.15, 0.2) is 71.8 Å². The van der Waals surface area contributed by atoms with E-state index in [0.29, 0.717) is 11.8 Å². The summed E-state index contributed by atoms with van der Waals surface area (Å²) in [6.45, 7) is 8.19. The van der Waals surface area contributed by atoms with Crippen LogP contribution >= 0.6 is 0 Å². The maximum Gasteiger partial charge on any atom is -1.00 e. The van der Waals surface area contributed by atoms with Gasteiger partial charge < -0.3 is 24.8 Å². The van der Waals surface area contributed by atoms with Crippen LogP contribution in [0.4, 0.5) is 8.78 Å². The van der Waals surface area contributed by atoms with Gasteiger partial charge in [-0.1, -0.05) is 74.9 Å². The van der Waals surface area contributed by atoms with Crippen LogP contribution in [0, 0.1) is 35.6 Å². The van der Waals surface area contributed by atoms with Crippen LogP contribution in [0.25, 0.3) is 11.1 Å². The van der Waals surface area contributed by atoms with E-state index in [4.69, 9.17) is 0 Å². The van der Waals surface area contributed by atoms with Crippen molar-refractivity contribution in [1.82, 2.24) is 0 Å². The molecular formula is C28H30Cl2F2GeZr-2. The summed E-state index contributed by atoms with van der Waals surface area (Å²) in [6.07, 6.45) is 10.8. The first-order valence-electron chi connectivity index (χ1n) is 10.7. The van der Waals surface area contributed by atoms with E-state index in [2.05, 4.69) is 49.7 Å². The molecule has 0 bridgehead atoms. The van der Waals surface area contributed by atoms with E-state index >= 15 is 0 Å². The zero-order chi connectivity index (χ0) is 23.8. The molecule has 2 atom stereocenters. The quantitative estimate of drug-likeness (QED) is 0.349. The van der Waals surface area contributed by atoms with Crippen molar-refractivity contribution in [3.8, 4) is 0 Å². The first-order valence-corrected chi connectivity index (χ1v) is 22.4. The minimum absolute atomic E-state index is 0. The topological polar surface area (TPSA) is 0 Å². The Hall–Kier alpha value is -0.734. The Morgan fingerprint density at radius 3 is 1.29 bits per heavy atom. The zero-order valence-corrected chi connectivity index (χ0v) is 26.5. The normalized spacial score (nSPS) is 17.8. The fraction of sp³-hybridized carbons (Fsp3) is 0.286. The van der Waals surface area contributed by atoms with E-state index in [-0.39, 0.29) is 46.4 Å². The van der Waals surface area contributed by atoms with Gasteiger partial charge in [-0.05, 0) is 24.3 Å². The third-order valence-corrected chi connectivity index (χ3v) is 4.80. The van der Waals surface area contributed by atoms with Crippen molar-refractivity contribution < 1.29 is 55.2 Å². The Balaban J connectivity index is 0.000000528. The van der Waals surface area contributed by atoms with Crippen molar-refractivity contribution in [2.75, 3.05) is 0 Å². The number of allylic oxidation sites excluding steroid dienone is 8. The van der Waals surface area contributed by atoms with Gasteiger partial charge in [-0.15, -0.1) is 0 Å². The van der Waals surface area contributed by atoms with E-state index in [9.17, 15) is 8.78 Å². The van der Waals surface area contributed by atoms with Gasteiger partial charge in [-0.25, -0.2) is 19.9 Å². The molecular weight excluding hydrogens is 609 g/mol. The SMILES string of the molecule is CC1=[C-]C(C)C=C1c1cccc(F)c1.CC1=[C-]C(C)C=C1c1cccc(F)c1.[CH3][Ge]([CH3])=[Zr+2].[Cl-].[Cl-]. The summed E-state index contributed by atoms with van der Waals surface area (Å²) in [4.78, 5) is 0. The minimum Gasteiger partial charge on any atom is -1.00 e. The van der Waals surface area contributed by atoms with Gasteiger partial charge in [0.25, 0.3) is 0 Å². The van der Waals surface area contributed by atoms with Crippen LogP contribution < -0.4 is 24.8 Å². The summed E-state index contributed by atoms with van der Waals surface area (Å²) in [6, 6.07) is 13.4. The molecule has 0 amide bonds. The molecule has 34 heavy (non-hydrogen) atoms. The van der Waals surface area contributed by atoms with Crippen molar-refractivity contribution >= 4 is 21.1 Å². The predicted octanol–water partition coefficient (Wildman–Crippen LogP) is 2.01. The summed E-state index contributed by atoms with van der Waals surface area (Å²) < 4.78 is 26.0. The maximum absolute atomic E-state index is 13.0. The molecule has 0 nitrogen and oxygen atoms in total. The summed E-state index contributed by atoms with van der Waals surface area (Å²) in [5.74, 6) is 5.06. The molecule has 0 saturated carbocycles. The Morgan fingerprint density at radius 2 is 1.06 bits per heavy atom. The molecule has 180 valence electrons. The van der Waals surface area contributed by atoms with E-state index in [1.807, 2.05) is 26.0 Å². The molecule has 2 unspecified atom stereocenters. The maximum atomic E-state index is 13.0. The van der Waals surface area contributed by atoms with Crippen molar-refractivity contribution in [1.29, 1.82) is 0 Å². The second-order valence-corrected chi connectivity index (χ2v) is 25.3. The van der Waals surface area contributed by atoms with Crippen LogP contribution in [-0.2, 0) is 21.6 Å². The molecule has 2 aromatic rings. The van der Waals surface area contributed by atoms with E-state index < -0.39 is 0 Å². The molecule has 0 heterocycles. The molecule has 2 aliphatic carbocycles. The van der Waals surface area contributed by atoms with E-state index in [0.717, 1.165) is 33.4 Å². The van der Waals surface area contributed by atoms with Crippen LogP contribution in [0.3, 0.4) is 0 Å². The summed E-state index contributed by atoms with van der Waals surface area (Å²) in [7, 11) is -0.243. The zero-order valence-electron chi connectivity index (χ0n) is 20.4. The van der Waals surface area contributed by atoms with Gasteiger partial charge >= 0.3 is 43.1 Å². The second-order valence-electron chi connectivity index (χ2n) is 8.30. The van der Waals surface area contributed by atoms with Crippen LogP contribution in [0.1, 0.15) is 38.8 Å². The summed E-state index contributed by atoms with van der Waals surface area (Å²) in [5, 5.41) is 0. The van der Waals surface area contributed by atoms with Gasteiger partial charge in [0.05, 0.1) is 0 Å². The minimum atomic E-state index is -0.243. The van der Waals surface area contributed by atoms with E-state index in [1.54, 1.807) is 45.9 Å². The predicted molar refractivity (Wildman–Crippen MR) is 129 cm³/mol. The fourth-order valence-corrected chi connectivity index (χ4v) is 3.61. The molecule has 0 aliphatic heterocycles. The number of benzene rings is 2. The monoisotopic (exact) mass is 638 g/mol. The Kier molecular flexibility index (Phi) is 15.7. The largest absolute Gasteiger partial charge is 1.00 e. The molecule has 2 aliphatic rings. The molecule has 0 N–H and O–H groups in total. The molecule has 0 saturated heterocycles. The first-order chi connectivity index (χ1) is 15.1. The molecule has 4 rings (SSSR count). The van der Waals surface area contributed by atoms with Crippen LogP contribution in [0.5, 0.6) is 0 Å². The molecule has 2 aromatic carbocycles. The Bertz CT molecular complexity index is 1020. The number of hydrogen-bond donors (Lipinski definition) is 0.